The molecule has 0 radical (unpaired) electrons. The molecule has 2 atom stereocenters. The highest BCUT2D eigenvalue weighted by Crippen LogP contribution is 2.34. The minimum Gasteiger partial charge on any atom is -0.381 e. The number of nitrogens with one attached hydrogen (secondary N) is 1. The Morgan fingerprint density at radius 2 is 2.25 bits per heavy atom. The molecule has 0 amide bonds. The highest BCUT2D eigenvalue weighted by Gasteiger charge is 2.23. The maximum Gasteiger partial charge on any atom is 0.0593 e. The van der Waals surface area contributed by atoms with Crippen LogP contribution in [-0.4, -0.2) is 6.04 Å². The van der Waals surface area contributed by atoms with Crippen LogP contribution < -0.4 is 5.32 Å². The molecule has 1 saturated carbocycles. The number of hydrogen-bond acceptors (Lipinski definition) is 1. The van der Waals surface area contributed by atoms with Crippen molar-refractivity contribution in [1.82, 2.24) is 0 Å². The van der Waals surface area contributed by atoms with E-state index in [9.17, 15) is 0 Å². The lowest BCUT2D eigenvalue weighted by molar-refractivity contribution is 0.525. The molecule has 1 aromatic carbocycles. The average molecular weight is 303 g/mol. The predicted octanol–water partition coefficient (Wildman–Crippen LogP) is 5.09. The van der Waals surface area contributed by atoms with Gasteiger partial charge in [-0.3, -0.25) is 0 Å². The molecule has 2 rings (SSSR count). The molecular weight excluding hydrogens is 286 g/mol. The first-order chi connectivity index (χ1) is 7.70. The van der Waals surface area contributed by atoms with Gasteiger partial charge in [0, 0.05) is 6.04 Å². The molecule has 1 N–H and O–H groups in total. The first kappa shape index (κ1) is 12.3. The lowest BCUT2D eigenvalue weighted by atomic mass is 10.1. The van der Waals surface area contributed by atoms with Crippen molar-refractivity contribution < 1.29 is 0 Å². The van der Waals surface area contributed by atoms with Gasteiger partial charge in [-0.2, -0.15) is 0 Å². The molecule has 2 unspecified atom stereocenters. The van der Waals surface area contributed by atoms with Gasteiger partial charge in [-0.25, -0.2) is 0 Å². The van der Waals surface area contributed by atoms with Gasteiger partial charge in [-0.1, -0.05) is 31.0 Å². The first-order valence-electron chi connectivity index (χ1n) is 5.91. The van der Waals surface area contributed by atoms with E-state index in [1.54, 1.807) is 0 Å². The smallest absolute Gasteiger partial charge is 0.0593 e. The maximum atomic E-state index is 6.07. The molecule has 0 spiro atoms. The van der Waals surface area contributed by atoms with Crippen LogP contribution in [0.25, 0.3) is 0 Å². The van der Waals surface area contributed by atoms with E-state index in [0.717, 1.165) is 21.1 Å². The fourth-order valence-electron chi connectivity index (χ4n) is 2.41. The molecular formula is C13H17BrClN. The third kappa shape index (κ3) is 2.72. The summed E-state index contributed by atoms with van der Waals surface area (Å²) in [5, 5.41) is 4.36. The van der Waals surface area contributed by atoms with Crippen LogP contribution in [0.1, 0.15) is 32.6 Å². The fourth-order valence-corrected chi connectivity index (χ4v) is 2.97. The Kier molecular flexibility index (Phi) is 4.15. The summed E-state index contributed by atoms with van der Waals surface area (Å²) >= 11 is 9.59. The standard InChI is InChI=1S/C13H17BrClN/c1-2-9-6-7-10(8-9)16-12-5-3-4-11(15)13(12)14/h3-5,9-10,16H,2,6-8H2,1H3. The van der Waals surface area contributed by atoms with Gasteiger partial charge in [-0.15, -0.1) is 0 Å². The molecule has 1 fully saturated rings. The van der Waals surface area contributed by atoms with Gasteiger partial charge in [0.1, 0.15) is 0 Å². The quantitative estimate of drug-likeness (QED) is 0.819. The SMILES string of the molecule is CCC1CCC(Nc2cccc(Cl)c2Br)C1. The van der Waals surface area contributed by atoms with Gasteiger partial charge >= 0.3 is 0 Å². The number of benzene rings is 1. The third-order valence-corrected chi connectivity index (χ3v) is 4.83. The summed E-state index contributed by atoms with van der Waals surface area (Å²) in [4.78, 5) is 0. The van der Waals surface area contributed by atoms with Crippen LogP contribution in [0.15, 0.2) is 22.7 Å². The molecule has 1 aliphatic rings. The molecule has 0 heterocycles. The zero-order valence-corrected chi connectivity index (χ0v) is 11.8. The van der Waals surface area contributed by atoms with E-state index in [2.05, 4.69) is 34.2 Å². The van der Waals surface area contributed by atoms with Crippen molar-refractivity contribution in [3.8, 4) is 0 Å². The van der Waals surface area contributed by atoms with Crippen molar-refractivity contribution in [2.45, 2.75) is 38.6 Å². The Labute approximate surface area is 111 Å². The summed E-state index contributed by atoms with van der Waals surface area (Å²) < 4.78 is 0.983. The first-order valence-corrected chi connectivity index (χ1v) is 7.08. The molecule has 1 nitrogen and oxygen atoms in total. The van der Waals surface area contributed by atoms with Crippen LogP contribution in [0, 0.1) is 5.92 Å². The number of halogens is 2. The summed E-state index contributed by atoms with van der Waals surface area (Å²) in [7, 11) is 0. The Bertz CT molecular complexity index is 367. The molecule has 88 valence electrons. The predicted molar refractivity (Wildman–Crippen MR) is 74.2 cm³/mol. The second-order valence-electron chi connectivity index (χ2n) is 4.53. The van der Waals surface area contributed by atoms with Crippen molar-refractivity contribution in [2.75, 3.05) is 5.32 Å². The van der Waals surface area contributed by atoms with Crippen LogP contribution in [0.2, 0.25) is 5.02 Å². The van der Waals surface area contributed by atoms with Gasteiger partial charge in [0.25, 0.3) is 0 Å². The van der Waals surface area contributed by atoms with Crippen molar-refractivity contribution >= 4 is 33.2 Å². The van der Waals surface area contributed by atoms with E-state index in [4.69, 9.17) is 11.6 Å². The van der Waals surface area contributed by atoms with Crippen LogP contribution >= 0.6 is 27.5 Å². The van der Waals surface area contributed by atoms with Crippen LogP contribution in [0.3, 0.4) is 0 Å². The minimum absolute atomic E-state index is 0.611. The van der Waals surface area contributed by atoms with Gasteiger partial charge < -0.3 is 5.32 Å². The number of rotatable bonds is 3. The number of anilines is 1. The van der Waals surface area contributed by atoms with Crippen molar-refractivity contribution in [3.05, 3.63) is 27.7 Å². The van der Waals surface area contributed by atoms with E-state index in [-0.39, 0.29) is 0 Å². The molecule has 3 heteroatoms. The molecule has 0 bridgehead atoms. The lowest BCUT2D eigenvalue weighted by Crippen LogP contribution is -2.15. The van der Waals surface area contributed by atoms with E-state index in [0.29, 0.717) is 6.04 Å². The van der Waals surface area contributed by atoms with Gasteiger partial charge in [-0.05, 0) is 53.2 Å². The fraction of sp³-hybridized carbons (Fsp3) is 0.538. The molecule has 0 saturated heterocycles. The van der Waals surface area contributed by atoms with Gasteiger partial charge in [0.15, 0.2) is 0 Å². The van der Waals surface area contributed by atoms with Crippen LogP contribution in [0.5, 0.6) is 0 Å². The summed E-state index contributed by atoms with van der Waals surface area (Å²) in [6.07, 6.45) is 5.22. The lowest BCUT2D eigenvalue weighted by Gasteiger charge is -2.16. The summed E-state index contributed by atoms with van der Waals surface area (Å²) in [6, 6.07) is 6.58. The summed E-state index contributed by atoms with van der Waals surface area (Å²) in [5.41, 5.74) is 1.12. The van der Waals surface area contributed by atoms with E-state index < -0.39 is 0 Å². The Morgan fingerprint density at radius 1 is 1.44 bits per heavy atom. The molecule has 0 aliphatic heterocycles. The molecule has 16 heavy (non-hydrogen) atoms. The average Bonchev–Trinajstić information content (AvgIpc) is 2.73. The second-order valence-corrected chi connectivity index (χ2v) is 5.73. The summed E-state index contributed by atoms with van der Waals surface area (Å²) in [6.45, 7) is 2.28. The van der Waals surface area contributed by atoms with Gasteiger partial charge in [0.05, 0.1) is 15.2 Å². The molecule has 0 aromatic heterocycles. The van der Waals surface area contributed by atoms with Crippen molar-refractivity contribution in [2.24, 2.45) is 5.92 Å². The van der Waals surface area contributed by atoms with E-state index >= 15 is 0 Å². The third-order valence-electron chi connectivity index (χ3n) is 3.43. The van der Waals surface area contributed by atoms with Crippen LogP contribution in [-0.2, 0) is 0 Å². The zero-order chi connectivity index (χ0) is 11.5. The Morgan fingerprint density at radius 3 is 2.94 bits per heavy atom. The minimum atomic E-state index is 0.611. The highest BCUT2D eigenvalue weighted by molar-refractivity contribution is 9.10. The highest BCUT2D eigenvalue weighted by atomic mass is 79.9. The zero-order valence-electron chi connectivity index (χ0n) is 9.47. The van der Waals surface area contributed by atoms with E-state index in [1.165, 1.54) is 25.7 Å². The van der Waals surface area contributed by atoms with Gasteiger partial charge in [0.2, 0.25) is 0 Å². The van der Waals surface area contributed by atoms with Crippen molar-refractivity contribution in [1.29, 1.82) is 0 Å². The number of hydrogen-bond donors (Lipinski definition) is 1. The second kappa shape index (κ2) is 5.42. The summed E-state index contributed by atoms with van der Waals surface area (Å²) in [5.74, 6) is 0.899. The Hall–Kier alpha value is -0.210. The topological polar surface area (TPSA) is 12.0 Å². The monoisotopic (exact) mass is 301 g/mol. The molecule has 1 aromatic rings. The van der Waals surface area contributed by atoms with Crippen LogP contribution in [0.4, 0.5) is 5.69 Å². The van der Waals surface area contributed by atoms with Crippen molar-refractivity contribution in [3.63, 3.8) is 0 Å². The maximum absolute atomic E-state index is 6.07. The normalized spacial score (nSPS) is 24.7. The Balaban J connectivity index is 2.02. The van der Waals surface area contributed by atoms with E-state index in [1.807, 2.05) is 12.1 Å². The molecule has 1 aliphatic carbocycles. The largest absolute Gasteiger partial charge is 0.381 e.